The van der Waals surface area contributed by atoms with Gasteiger partial charge in [-0.15, -0.1) is 4.94 Å². The van der Waals surface area contributed by atoms with E-state index in [2.05, 4.69) is 31.4 Å². The third-order valence-electron chi connectivity index (χ3n) is 6.42. The van der Waals surface area contributed by atoms with Crippen LogP contribution in [0.3, 0.4) is 0 Å². The summed E-state index contributed by atoms with van der Waals surface area (Å²) >= 11 is 5.45. The molecule has 0 radical (unpaired) electrons. The number of hydrazine groups is 1. The van der Waals surface area contributed by atoms with Gasteiger partial charge in [0.15, 0.2) is 0 Å². The fourth-order valence-corrected chi connectivity index (χ4v) is 4.96. The molecule has 1 atom stereocenters. The minimum atomic E-state index is -0.265. The van der Waals surface area contributed by atoms with Gasteiger partial charge >= 0.3 is 0 Å². The molecule has 5 rings (SSSR count). The van der Waals surface area contributed by atoms with E-state index in [1.54, 1.807) is 18.2 Å². The predicted molar refractivity (Wildman–Crippen MR) is 124 cm³/mol. The number of thiocarbonyl (C=S) groups is 1. The van der Waals surface area contributed by atoms with E-state index in [4.69, 9.17) is 21.9 Å². The number of phenolic OH excluding ortho intramolecular Hbond substituents is 1. The topological polar surface area (TPSA) is 60.4 Å². The number of benzene rings is 2. The van der Waals surface area contributed by atoms with Crippen LogP contribution in [0.5, 0.6) is 11.5 Å². The van der Waals surface area contributed by atoms with Gasteiger partial charge in [0.2, 0.25) is 5.11 Å². The van der Waals surface area contributed by atoms with Crippen molar-refractivity contribution in [3.63, 3.8) is 0 Å². The number of hydroxylamine groups is 3. The van der Waals surface area contributed by atoms with Gasteiger partial charge in [0.25, 0.3) is 6.29 Å². The molecule has 164 valence electrons. The number of nitrogens with zero attached hydrogens (tertiary/aromatic N) is 3. The maximum Gasteiger partial charge on any atom is 0.252 e. The summed E-state index contributed by atoms with van der Waals surface area (Å²) in [6, 6.07) is 11.9. The highest BCUT2D eigenvalue weighted by atomic mass is 32.1. The number of aromatic hydroxyl groups is 1. The summed E-state index contributed by atoms with van der Waals surface area (Å²) in [7, 11) is 1.73. The molecule has 31 heavy (non-hydrogen) atoms. The first-order valence-electron chi connectivity index (χ1n) is 10.8. The molecule has 1 aliphatic carbocycles. The van der Waals surface area contributed by atoms with Crippen molar-refractivity contribution in [3.05, 3.63) is 47.5 Å². The van der Waals surface area contributed by atoms with Crippen molar-refractivity contribution in [3.8, 4) is 11.5 Å². The summed E-state index contributed by atoms with van der Waals surface area (Å²) in [5, 5.41) is 16.1. The summed E-state index contributed by atoms with van der Waals surface area (Å²) < 4.78 is 5.74. The van der Waals surface area contributed by atoms with E-state index in [1.165, 1.54) is 31.2 Å². The molecule has 7 nitrogen and oxygen atoms in total. The van der Waals surface area contributed by atoms with Crippen molar-refractivity contribution in [1.82, 2.24) is 10.5 Å². The third kappa shape index (κ3) is 3.34. The Balaban J connectivity index is 1.45. The van der Waals surface area contributed by atoms with Crippen LogP contribution in [0.1, 0.15) is 62.5 Å². The molecule has 1 saturated carbocycles. The number of hydrogen-bond acceptors (Lipinski definition) is 6. The number of anilines is 2. The van der Waals surface area contributed by atoms with E-state index in [9.17, 15) is 5.11 Å². The molecule has 1 unspecified atom stereocenters. The fourth-order valence-electron chi connectivity index (χ4n) is 4.74. The second-order valence-corrected chi connectivity index (χ2v) is 9.06. The van der Waals surface area contributed by atoms with Crippen LogP contribution in [0, 0.1) is 0 Å². The number of hydrogen-bond donors (Lipinski definition) is 2. The van der Waals surface area contributed by atoms with E-state index in [0.29, 0.717) is 16.8 Å². The van der Waals surface area contributed by atoms with Gasteiger partial charge in [-0.1, -0.05) is 32.8 Å². The Labute approximate surface area is 188 Å². The second kappa shape index (κ2) is 7.76. The molecule has 3 aliphatic rings. The normalized spacial score (nSPS) is 20.8. The van der Waals surface area contributed by atoms with Crippen molar-refractivity contribution in [2.45, 2.75) is 57.7 Å². The van der Waals surface area contributed by atoms with Crippen LogP contribution in [0.2, 0.25) is 0 Å². The average molecular weight is 441 g/mol. The number of phenols is 1. The molecular formula is C23H28N4O3S. The standard InChI is InChI=1S/C23H28N4O3S/c1-14(2)19-12-16(9-11-20(19)28)25-23-26(30-27(23)22(31)24-25)17-8-10-18(21(13-17)29-3)15-6-4-5-7-15/h8-15,23,28H,4-7H2,1-3H3,(H,24,31). The number of methoxy groups -OCH3 is 1. The van der Waals surface area contributed by atoms with Crippen LogP contribution in [0.25, 0.3) is 0 Å². The number of rotatable bonds is 5. The van der Waals surface area contributed by atoms with Gasteiger partial charge in [0.05, 0.1) is 18.5 Å². The third-order valence-corrected chi connectivity index (χ3v) is 6.69. The molecule has 2 saturated heterocycles. The Morgan fingerprint density at radius 2 is 1.84 bits per heavy atom. The Kier molecular flexibility index (Phi) is 5.06. The number of fused-ring (bicyclic) bond motifs is 1. The second-order valence-electron chi connectivity index (χ2n) is 8.67. The molecular weight excluding hydrogens is 412 g/mol. The maximum absolute atomic E-state index is 10.2. The van der Waals surface area contributed by atoms with E-state index in [0.717, 1.165) is 22.7 Å². The Morgan fingerprint density at radius 1 is 1.10 bits per heavy atom. The Morgan fingerprint density at radius 3 is 2.55 bits per heavy atom. The highest BCUT2D eigenvalue weighted by Gasteiger charge is 2.52. The van der Waals surface area contributed by atoms with Gasteiger partial charge in [0.1, 0.15) is 11.5 Å². The molecule has 0 aromatic heterocycles. The summed E-state index contributed by atoms with van der Waals surface area (Å²) in [6.45, 7) is 4.12. The first-order chi connectivity index (χ1) is 15.0. The van der Waals surface area contributed by atoms with Crippen LogP contribution in [-0.4, -0.2) is 28.7 Å². The van der Waals surface area contributed by atoms with E-state index in [1.807, 2.05) is 28.3 Å². The van der Waals surface area contributed by atoms with Crippen LogP contribution in [0.15, 0.2) is 36.4 Å². The minimum Gasteiger partial charge on any atom is -0.508 e. The molecule has 2 aliphatic heterocycles. The predicted octanol–water partition coefficient (Wildman–Crippen LogP) is 4.74. The van der Waals surface area contributed by atoms with Gasteiger partial charge in [-0.25, -0.2) is 5.01 Å². The molecule has 8 heteroatoms. The molecule has 0 amide bonds. The zero-order valence-corrected chi connectivity index (χ0v) is 18.9. The first-order valence-corrected chi connectivity index (χ1v) is 11.3. The van der Waals surface area contributed by atoms with Crippen LogP contribution >= 0.6 is 12.2 Å². The smallest absolute Gasteiger partial charge is 0.252 e. The highest BCUT2D eigenvalue weighted by molar-refractivity contribution is 7.80. The summed E-state index contributed by atoms with van der Waals surface area (Å²) in [4.78, 5) is 5.90. The zero-order valence-electron chi connectivity index (χ0n) is 18.0. The van der Waals surface area contributed by atoms with E-state index < -0.39 is 0 Å². The molecule has 0 bridgehead atoms. The Hall–Kier alpha value is -2.71. The summed E-state index contributed by atoms with van der Waals surface area (Å²) in [5.41, 5.74) is 7.18. The van der Waals surface area contributed by atoms with E-state index in [-0.39, 0.29) is 12.2 Å². The largest absolute Gasteiger partial charge is 0.508 e. The van der Waals surface area contributed by atoms with Crippen molar-refractivity contribution in [1.29, 1.82) is 0 Å². The van der Waals surface area contributed by atoms with Gasteiger partial charge in [0, 0.05) is 6.07 Å². The fraction of sp³-hybridized carbons (Fsp3) is 0.435. The highest BCUT2D eigenvalue weighted by Crippen LogP contribution is 2.43. The molecule has 0 spiro atoms. The molecule has 2 aromatic rings. The van der Waals surface area contributed by atoms with Gasteiger partial charge in [-0.3, -0.25) is 5.43 Å². The SMILES string of the molecule is COc1cc(N2ON3C(=S)NN(c4ccc(O)c(C(C)C)c4)C32)ccc1C1CCCC1. The lowest BCUT2D eigenvalue weighted by molar-refractivity contribution is -0.247. The van der Waals surface area contributed by atoms with Crippen molar-refractivity contribution in [2.24, 2.45) is 0 Å². The lowest BCUT2D eigenvalue weighted by Crippen LogP contribution is -2.65. The van der Waals surface area contributed by atoms with Gasteiger partial charge < -0.3 is 9.84 Å². The lowest BCUT2D eigenvalue weighted by atomic mass is 9.96. The van der Waals surface area contributed by atoms with Gasteiger partial charge in [-0.2, -0.15) is 10.1 Å². The molecule has 3 fully saturated rings. The van der Waals surface area contributed by atoms with Crippen LogP contribution in [0.4, 0.5) is 11.4 Å². The van der Waals surface area contributed by atoms with Crippen LogP contribution in [-0.2, 0) is 4.94 Å². The first kappa shape index (κ1) is 20.2. The van der Waals surface area contributed by atoms with Crippen molar-refractivity contribution < 1.29 is 14.8 Å². The Bertz CT molecular complexity index is 1010. The van der Waals surface area contributed by atoms with Crippen molar-refractivity contribution in [2.75, 3.05) is 17.2 Å². The summed E-state index contributed by atoms with van der Waals surface area (Å²) in [5.74, 6) is 1.97. The van der Waals surface area contributed by atoms with Gasteiger partial charge in [-0.05, 0) is 72.3 Å². The van der Waals surface area contributed by atoms with Crippen LogP contribution < -0.4 is 20.2 Å². The quantitative estimate of drug-likeness (QED) is 0.647. The van der Waals surface area contributed by atoms with Crippen molar-refractivity contribution >= 4 is 28.7 Å². The monoisotopic (exact) mass is 440 g/mol. The lowest BCUT2D eigenvalue weighted by Gasteiger charge is -2.46. The minimum absolute atomic E-state index is 0.201. The average Bonchev–Trinajstić information content (AvgIpc) is 3.34. The molecule has 2 heterocycles. The van der Waals surface area contributed by atoms with E-state index >= 15 is 0 Å². The number of nitrogens with one attached hydrogen (secondary N) is 1. The zero-order chi connectivity index (χ0) is 21.7. The number of ether oxygens (including phenoxy) is 1. The summed E-state index contributed by atoms with van der Waals surface area (Å²) in [6.07, 6.45) is 4.74. The molecule has 2 aromatic carbocycles. The molecule has 2 N–H and O–H groups in total. The maximum atomic E-state index is 10.2.